The summed E-state index contributed by atoms with van der Waals surface area (Å²) in [4.78, 5) is 12.8. The fourth-order valence-corrected chi connectivity index (χ4v) is 6.97. The lowest BCUT2D eigenvalue weighted by Gasteiger charge is -2.46. The maximum atomic E-state index is 12.8. The number of esters is 1. The quantitative estimate of drug-likeness (QED) is 0.529. The van der Waals surface area contributed by atoms with Crippen molar-refractivity contribution in [1.82, 2.24) is 5.32 Å². The minimum absolute atomic E-state index is 0.0163. The first-order valence-corrected chi connectivity index (χ1v) is 12.2. The second-order valence-electron chi connectivity index (χ2n) is 10.7. The van der Waals surface area contributed by atoms with E-state index in [1.165, 1.54) is 44.9 Å². The van der Waals surface area contributed by atoms with Crippen molar-refractivity contribution in [2.75, 3.05) is 6.54 Å². The first-order chi connectivity index (χ1) is 14.5. The summed E-state index contributed by atoms with van der Waals surface area (Å²) in [6.45, 7) is 5.51. The fourth-order valence-electron chi connectivity index (χ4n) is 6.97. The van der Waals surface area contributed by atoms with Gasteiger partial charge in [-0.15, -0.1) is 0 Å². The first kappa shape index (κ1) is 20.4. The van der Waals surface area contributed by atoms with Gasteiger partial charge in [0.25, 0.3) is 0 Å². The van der Waals surface area contributed by atoms with Gasteiger partial charge in [-0.3, -0.25) is 4.79 Å². The number of allylic oxidation sites excluding steroid dienone is 1. The molecule has 7 atom stereocenters. The monoisotopic (exact) mass is 411 g/mol. The third-order valence-corrected chi connectivity index (χ3v) is 8.63. The number of furan rings is 1. The van der Waals surface area contributed by atoms with E-state index >= 15 is 0 Å². The van der Waals surface area contributed by atoms with Crippen LogP contribution in [0.25, 0.3) is 0 Å². The number of carbonyl (C=O) groups excluding carboxylic acids is 1. The van der Waals surface area contributed by atoms with Crippen molar-refractivity contribution in [3.8, 4) is 0 Å². The van der Waals surface area contributed by atoms with Gasteiger partial charge in [0.2, 0.25) is 0 Å². The standard InChI is InChI=1S/C26H37NO3/c1-17-7-5-11-26(2)15-24-20(14-22(17)26)21(25(28)30-24)16-27-23-10-4-3-8-18(23)13-19-9-6-12-29-19/h6,9,12,14,17-18,20-21,23-24,27H,3-5,7-8,10-11,13,15-16H2,1-2H3/t17-,18+,20-,21+,23+,24-,26-/m1/s1. The topological polar surface area (TPSA) is 51.5 Å². The van der Waals surface area contributed by atoms with Gasteiger partial charge in [0.05, 0.1) is 12.2 Å². The molecule has 1 aromatic rings. The number of hydrogen-bond acceptors (Lipinski definition) is 4. The van der Waals surface area contributed by atoms with E-state index in [1.54, 1.807) is 11.8 Å². The zero-order valence-electron chi connectivity index (χ0n) is 18.6. The maximum absolute atomic E-state index is 12.8. The van der Waals surface area contributed by atoms with Crippen LogP contribution >= 0.6 is 0 Å². The Morgan fingerprint density at radius 3 is 2.90 bits per heavy atom. The molecular formula is C26H37NO3. The van der Waals surface area contributed by atoms with Crippen molar-refractivity contribution in [1.29, 1.82) is 0 Å². The van der Waals surface area contributed by atoms with Crippen LogP contribution in [0, 0.1) is 29.1 Å². The van der Waals surface area contributed by atoms with Crippen LogP contribution in [-0.2, 0) is 16.0 Å². The van der Waals surface area contributed by atoms with Crippen LogP contribution in [0.1, 0.15) is 71.0 Å². The Bertz CT molecular complexity index is 784. The van der Waals surface area contributed by atoms with E-state index < -0.39 is 0 Å². The SMILES string of the molecule is C[C@@H]1CCC[C@]2(C)C[C@H]3OC(=O)[C@@H](CN[C@H]4CCCC[C@H]4Cc4ccco4)[C@H]3C=C12. The van der Waals surface area contributed by atoms with Gasteiger partial charge < -0.3 is 14.5 Å². The van der Waals surface area contributed by atoms with Crippen LogP contribution in [0.5, 0.6) is 0 Å². The molecule has 0 radical (unpaired) electrons. The van der Waals surface area contributed by atoms with E-state index in [0.29, 0.717) is 17.9 Å². The van der Waals surface area contributed by atoms with Crippen molar-refractivity contribution >= 4 is 5.97 Å². The summed E-state index contributed by atoms with van der Waals surface area (Å²) in [6, 6.07) is 4.53. The molecule has 30 heavy (non-hydrogen) atoms. The highest BCUT2D eigenvalue weighted by Gasteiger charge is 2.51. The Morgan fingerprint density at radius 1 is 1.20 bits per heavy atom. The molecule has 1 N–H and O–H groups in total. The van der Waals surface area contributed by atoms with Gasteiger partial charge in [-0.05, 0) is 61.5 Å². The van der Waals surface area contributed by atoms with Gasteiger partial charge in [-0.2, -0.15) is 0 Å². The predicted molar refractivity (Wildman–Crippen MR) is 117 cm³/mol. The molecule has 0 amide bonds. The summed E-state index contributed by atoms with van der Waals surface area (Å²) < 4.78 is 11.6. The van der Waals surface area contributed by atoms with Crippen molar-refractivity contribution in [3.63, 3.8) is 0 Å². The van der Waals surface area contributed by atoms with Crippen LogP contribution in [0.3, 0.4) is 0 Å². The van der Waals surface area contributed by atoms with E-state index in [2.05, 4.69) is 31.3 Å². The highest BCUT2D eigenvalue weighted by molar-refractivity contribution is 5.76. The number of hydrogen-bond donors (Lipinski definition) is 1. The fraction of sp³-hybridized carbons (Fsp3) is 0.731. The molecule has 5 rings (SSSR count). The Morgan fingerprint density at radius 2 is 2.07 bits per heavy atom. The molecule has 0 bridgehead atoms. The lowest BCUT2D eigenvalue weighted by molar-refractivity contribution is -0.145. The number of nitrogens with one attached hydrogen (secondary N) is 1. The van der Waals surface area contributed by atoms with E-state index in [0.717, 1.165) is 25.1 Å². The van der Waals surface area contributed by atoms with E-state index in [-0.39, 0.29) is 29.3 Å². The van der Waals surface area contributed by atoms with Crippen molar-refractivity contribution in [2.45, 2.75) is 83.8 Å². The molecule has 3 fully saturated rings. The zero-order valence-corrected chi connectivity index (χ0v) is 18.6. The molecule has 1 aliphatic heterocycles. The number of carbonyl (C=O) groups is 1. The van der Waals surface area contributed by atoms with Crippen LogP contribution in [0.15, 0.2) is 34.5 Å². The second-order valence-corrected chi connectivity index (χ2v) is 10.7. The number of fused-ring (bicyclic) bond motifs is 2. The molecule has 2 heterocycles. The zero-order chi connectivity index (χ0) is 20.7. The molecule has 0 aromatic carbocycles. The third kappa shape index (κ3) is 3.77. The van der Waals surface area contributed by atoms with Crippen LogP contribution in [0.4, 0.5) is 0 Å². The lowest BCUT2D eigenvalue weighted by atomic mass is 9.59. The summed E-state index contributed by atoms with van der Waals surface area (Å²) in [5.41, 5.74) is 1.84. The summed E-state index contributed by atoms with van der Waals surface area (Å²) in [5.74, 6) is 2.54. The average Bonchev–Trinajstić information content (AvgIpc) is 3.33. The van der Waals surface area contributed by atoms with Crippen LogP contribution in [0.2, 0.25) is 0 Å². The Labute approximate surface area is 180 Å². The Hall–Kier alpha value is -1.55. The number of rotatable bonds is 5. The lowest BCUT2D eigenvalue weighted by Crippen LogP contribution is -2.44. The van der Waals surface area contributed by atoms with Gasteiger partial charge in [0, 0.05) is 24.9 Å². The van der Waals surface area contributed by atoms with Crippen LogP contribution in [-0.4, -0.2) is 24.7 Å². The Balaban J connectivity index is 1.28. The molecular weight excluding hydrogens is 374 g/mol. The van der Waals surface area contributed by atoms with E-state index in [4.69, 9.17) is 9.15 Å². The van der Waals surface area contributed by atoms with Gasteiger partial charge in [-0.25, -0.2) is 0 Å². The smallest absolute Gasteiger partial charge is 0.311 e. The van der Waals surface area contributed by atoms with Crippen molar-refractivity contribution in [3.05, 3.63) is 35.8 Å². The minimum Gasteiger partial charge on any atom is -0.469 e. The first-order valence-electron chi connectivity index (χ1n) is 12.2. The van der Waals surface area contributed by atoms with Gasteiger partial charge >= 0.3 is 5.97 Å². The van der Waals surface area contributed by atoms with Gasteiger partial charge in [-0.1, -0.05) is 44.8 Å². The minimum atomic E-state index is -0.0348. The third-order valence-electron chi connectivity index (χ3n) is 8.63. The van der Waals surface area contributed by atoms with Gasteiger partial charge in [0.1, 0.15) is 11.9 Å². The molecule has 1 aromatic heterocycles. The highest BCUT2D eigenvalue weighted by Crippen LogP contribution is 2.53. The molecule has 3 aliphatic carbocycles. The molecule has 0 spiro atoms. The van der Waals surface area contributed by atoms with Gasteiger partial charge in [0.15, 0.2) is 0 Å². The molecule has 0 unspecified atom stereocenters. The molecule has 4 aliphatic rings. The van der Waals surface area contributed by atoms with E-state index in [1.807, 2.05) is 6.07 Å². The molecule has 2 saturated carbocycles. The second kappa shape index (κ2) is 8.18. The van der Waals surface area contributed by atoms with Crippen molar-refractivity contribution in [2.24, 2.45) is 29.1 Å². The van der Waals surface area contributed by atoms with Crippen molar-refractivity contribution < 1.29 is 13.9 Å². The summed E-state index contributed by atoms with van der Waals surface area (Å²) in [6.07, 6.45) is 15.1. The molecule has 4 nitrogen and oxygen atoms in total. The summed E-state index contributed by atoms with van der Waals surface area (Å²) >= 11 is 0. The Kier molecular flexibility index (Phi) is 5.55. The molecule has 4 heteroatoms. The molecule has 164 valence electrons. The largest absolute Gasteiger partial charge is 0.469 e. The maximum Gasteiger partial charge on any atom is 0.311 e. The predicted octanol–water partition coefficient (Wildman–Crippen LogP) is 5.28. The summed E-state index contributed by atoms with van der Waals surface area (Å²) in [7, 11) is 0. The summed E-state index contributed by atoms with van der Waals surface area (Å²) in [5, 5.41) is 3.81. The molecule has 1 saturated heterocycles. The number of ether oxygens (including phenoxy) is 1. The highest BCUT2D eigenvalue weighted by atomic mass is 16.6. The van der Waals surface area contributed by atoms with E-state index in [9.17, 15) is 4.79 Å². The normalized spacial score (nSPS) is 41.0. The average molecular weight is 412 g/mol. The van der Waals surface area contributed by atoms with Crippen LogP contribution < -0.4 is 5.32 Å².